The molecular weight excluding hydrogens is 220 g/mol. The van der Waals surface area contributed by atoms with Gasteiger partial charge < -0.3 is 4.98 Å². The van der Waals surface area contributed by atoms with Gasteiger partial charge in [-0.15, -0.1) is 0 Å². The molecule has 0 bridgehead atoms. The van der Waals surface area contributed by atoms with Crippen molar-refractivity contribution in [3.05, 3.63) is 30.9 Å². The number of fused-ring (bicyclic) bond motifs is 5. The molecule has 0 spiro atoms. The lowest BCUT2D eigenvalue weighted by Crippen LogP contribution is -1.76. The van der Waals surface area contributed by atoms with Crippen LogP contribution in [0.2, 0.25) is 0 Å². The number of hydrogen-bond donors (Lipinski definition) is 1. The van der Waals surface area contributed by atoms with E-state index in [1.807, 2.05) is 24.5 Å². The lowest BCUT2D eigenvalue weighted by Gasteiger charge is -1.89. The van der Waals surface area contributed by atoms with Crippen LogP contribution in [0.15, 0.2) is 30.9 Å². The number of aromatic amines is 1. The summed E-state index contributed by atoms with van der Waals surface area (Å²) >= 11 is 1.64. The van der Waals surface area contributed by atoms with Gasteiger partial charge in [0.05, 0.1) is 11.0 Å². The fourth-order valence-corrected chi connectivity index (χ4v) is 3.02. The Balaban J connectivity index is 2.38. The van der Waals surface area contributed by atoms with Crippen LogP contribution in [-0.4, -0.2) is 19.9 Å². The largest absolute Gasteiger partial charge is 0.345 e. The first-order valence-corrected chi connectivity index (χ1v) is 5.70. The van der Waals surface area contributed by atoms with E-state index in [2.05, 4.69) is 19.9 Å². The summed E-state index contributed by atoms with van der Waals surface area (Å²) in [7, 11) is 0. The lowest BCUT2D eigenvalue weighted by atomic mass is 10.2. The molecule has 4 nitrogen and oxygen atoms in total. The molecular formula is C11H6N4S. The van der Waals surface area contributed by atoms with E-state index in [0.717, 1.165) is 31.5 Å². The summed E-state index contributed by atoms with van der Waals surface area (Å²) in [5.41, 5.74) is 2.06. The molecule has 1 N–H and O–H groups in total. The van der Waals surface area contributed by atoms with Gasteiger partial charge in [-0.05, 0) is 12.1 Å². The van der Waals surface area contributed by atoms with Crippen molar-refractivity contribution in [3.63, 3.8) is 0 Å². The zero-order chi connectivity index (χ0) is 10.5. The number of H-pyrrole nitrogens is 1. The third-order valence-corrected chi connectivity index (χ3v) is 3.69. The molecule has 0 unspecified atom stereocenters. The van der Waals surface area contributed by atoms with Gasteiger partial charge in [-0.2, -0.15) is 0 Å². The number of nitrogens with zero attached hydrogens (tertiary/aromatic N) is 3. The number of rotatable bonds is 0. The van der Waals surface area contributed by atoms with Crippen molar-refractivity contribution in [2.75, 3.05) is 0 Å². The maximum Gasteiger partial charge on any atom is 0.129 e. The van der Waals surface area contributed by atoms with E-state index in [9.17, 15) is 0 Å². The molecule has 0 atom stereocenters. The minimum absolute atomic E-state index is 0.999. The predicted octanol–water partition coefficient (Wildman–Crippen LogP) is 2.72. The van der Waals surface area contributed by atoms with Crippen LogP contribution in [0.25, 0.3) is 31.5 Å². The minimum atomic E-state index is 0.999. The van der Waals surface area contributed by atoms with Gasteiger partial charge in [0.15, 0.2) is 0 Å². The van der Waals surface area contributed by atoms with Gasteiger partial charge in [0.25, 0.3) is 0 Å². The molecule has 0 amide bonds. The van der Waals surface area contributed by atoms with Gasteiger partial charge in [-0.3, -0.25) is 4.98 Å². The van der Waals surface area contributed by atoms with E-state index in [4.69, 9.17) is 0 Å². The van der Waals surface area contributed by atoms with Crippen molar-refractivity contribution in [1.82, 2.24) is 19.9 Å². The fourth-order valence-electron chi connectivity index (χ4n) is 1.99. The number of pyridine rings is 1. The zero-order valence-electron chi connectivity index (χ0n) is 8.14. The van der Waals surface area contributed by atoms with Gasteiger partial charge in [0.1, 0.15) is 16.0 Å². The second-order valence-electron chi connectivity index (χ2n) is 3.57. The van der Waals surface area contributed by atoms with Crippen LogP contribution in [-0.2, 0) is 0 Å². The van der Waals surface area contributed by atoms with Crippen LogP contribution < -0.4 is 0 Å². The van der Waals surface area contributed by atoms with Gasteiger partial charge in [0, 0.05) is 23.2 Å². The Bertz CT molecular complexity index is 749. The monoisotopic (exact) mass is 226 g/mol. The Kier molecular flexibility index (Phi) is 1.41. The minimum Gasteiger partial charge on any atom is -0.345 e. The van der Waals surface area contributed by atoms with E-state index in [-0.39, 0.29) is 0 Å². The molecule has 76 valence electrons. The molecule has 0 radical (unpaired) electrons. The van der Waals surface area contributed by atoms with Gasteiger partial charge in [-0.25, -0.2) is 9.97 Å². The lowest BCUT2D eigenvalue weighted by molar-refractivity contribution is 1.24. The normalized spacial score (nSPS) is 11.8. The van der Waals surface area contributed by atoms with Crippen LogP contribution in [0.5, 0.6) is 0 Å². The Morgan fingerprint density at radius 1 is 1.25 bits per heavy atom. The number of hydrogen-bond acceptors (Lipinski definition) is 4. The number of thiophene rings is 1. The molecule has 4 rings (SSSR count). The molecule has 5 heteroatoms. The smallest absolute Gasteiger partial charge is 0.129 e. The number of nitrogens with one attached hydrogen (secondary N) is 1. The molecule has 0 aliphatic rings. The molecule has 4 aromatic heterocycles. The van der Waals surface area contributed by atoms with E-state index >= 15 is 0 Å². The summed E-state index contributed by atoms with van der Waals surface area (Å²) in [5, 5.41) is 2.21. The molecule has 0 aliphatic carbocycles. The fraction of sp³-hybridized carbons (Fsp3) is 0. The summed E-state index contributed by atoms with van der Waals surface area (Å²) in [5.74, 6) is 0. The Morgan fingerprint density at radius 3 is 3.25 bits per heavy atom. The maximum absolute atomic E-state index is 4.41. The molecule has 0 saturated heterocycles. The molecule has 4 aromatic rings. The Hall–Kier alpha value is -2.01. The first-order valence-electron chi connectivity index (χ1n) is 4.88. The van der Waals surface area contributed by atoms with Crippen molar-refractivity contribution in [2.24, 2.45) is 0 Å². The zero-order valence-corrected chi connectivity index (χ0v) is 8.95. The van der Waals surface area contributed by atoms with Gasteiger partial charge in [-0.1, -0.05) is 11.3 Å². The summed E-state index contributed by atoms with van der Waals surface area (Å²) < 4.78 is 0. The third kappa shape index (κ3) is 0.906. The highest BCUT2D eigenvalue weighted by Crippen LogP contribution is 2.35. The average molecular weight is 226 g/mol. The standard InChI is InChI=1S/C11H6N4S/c1-2-7-9(13-3-1)8-6-4-12-5-14-10(6)16-11(8)15-7/h1-5,15H. The molecule has 0 saturated carbocycles. The SMILES string of the molecule is c1cnc2c(c1)[nH]c1sc3ncncc3c12. The van der Waals surface area contributed by atoms with E-state index in [1.165, 1.54) is 0 Å². The van der Waals surface area contributed by atoms with Crippen LogP contribution in [0.4, 0.5) is 0 Å². The van der Waals surface area contributed by atoms with Gasteiger partial charge in [0.2, 0.25) is 0 Å². The maximum atomic E-state index is 4.41. The Labute approximate surface area is 94.0 Å². The van der Waals surface area contributed by atoms with Crippen molar-refractivity contribution in [1.29, 1.82) is 0 Å². The van der Waals surface area contributed by atoms with Crippen LogP contribution in [0.1, 0.15) is 0 Å². The second-order valence-corrected chi connectivity index (χ2v) is 4.57. The highest BCUT2D eigenvalue weighted by Gasteiger charge is 2.12. The summed E-state index contributed by atoms with van der Waals surface area (Å²) in [4.78, 5) is 18.2. The van der Waals surface area contributed by atoms with Crippen molar-refractivity contribution < 1.29 is 0 Å². The number of aromatic nitrogens is 4. The van der Waals surface area contributed by atoms with Crippen LogP contribution in [0, 0.1) is 0 Å². The molecule has 4 heterocycles. The van der Waals surface area contributed by atoms with Gasteiger partial charge >= 0.3 is 0 Å². The van der Waals surface area contributed by atoms with Crippen LogP contribution in [0.3, 0.4) is 0 Å². The van der Waals surface area contributed by atoms with E-state index in [1.54, 1.807) is 17.7 Å². The first kappa shape index (κ1) is 8.18. The highest BCUT2D eigenvalue weighted by molar-refractivity contribution is 7.25. The molecule has 0 fully saturated rings. The Morgan fingerprint density at radius 2 is 2.25 bits per heavy atom. The van der Waals surface area contributed by atoms with Crippen molar-refractivity contribution in [2.45, 2.75) is 0 Å². The summed E-state index contributed by atoms with van der Waals surface area (Å²) in [6, 6.07) is 3.96. The summed E-state index contributed by atoms with van der Waals surface area (Å²) in [6.07, 6.45) is 5.24. The first-order chi connectivity index (χ1) is 7.93. The molecule has 0 aliphatic heterocycles. The highest BCUT2D eigenvalue weighted by atomic mass is 32.1. The topological polar surface area (TPSA) is 54.5 Å². The quantitative estimate of drug-likeness (QED) is 0.501. The predicted molar refractivity (Wildman–Crippen MR) is 64.6 cm³/mol. The van der Waals surface area contributed by atoms with Crippen molar-refractivity contribution >= 4 is 42.8 Å². The van der Waals surface area contributed by atoms with Crippen LogP contribution >= 0.6 is 11.3 Å². The van der Waals surface area contributed by atoms with E-state index in [0.29, 0.717) is 0 Å². The third-order valence-electron chi connectivity index (χ3n) is 2.66. The molecule has 0 aromatic carbocycles. The average Bonchev–Trinajstić information content (AvgIpc) is 2.83. The van der Waals surface area contributed by atoms with Crippen molar-refractivity contribution in [3.8, 4) is 0 Å². The summed E-state index contributed by atoms with van der Waals surface area (Å²) in [6.45, 7) is 0. The second kappa shape index (κ2) is 2.76. The molecule has 16 heavy (non-hydrogen) atoms. The van der Waals surface area contributed by atoms with E-state index < -0.39 is 0 Å².